The molecule has 1 aromatic heterocycles. The average molecular weight is 249 g/mol. The van der Waals surface area contributed by atoms with E-state index >= 15 is 0 Å². The smallest absolute Gasteiger partial charge is 0.270 e. The largest absolute Gasteiger partial charge is 0.299 e. The molecule has 1 N–H and O–H groups in total. The maximum atomic E-state index is 12.0. The van der Waals surface area contributed by atoms with Gasteiger partial charge in [-0.1, -0.05) is 23.7 Å². The summed E-state index contributed by atoms with van der Waals surface area (Å²) in [6, 6.07) is 7.60. The van der Waals surface area contributed by atoms with E-state index in [1.54, 1.807) is 4.68 Å². The quantitative estimate of drug-likeness (QED) is 0.871. The van der Waals surface area contributed by atoms with Gasteiger partial charge in [-0.15, -0.1) is 0 Å². The predicted molar refractivity (Wildman–Crippen MR) is 67.6 cm³/mol. The van der Waals surface area contributed by atoms with Gasteiger partial charge in [0.15, 0.2) is 0 Å². The molecule has 88 valence electrons. The number of rotatable bonds is 2. The lowest BCUT2D eigenvalue weighted by Gasteiger charge is -2.03. The molecule has 4 heteroatoms. The number of benzene rings is 1. The van der Waals surface area contributed by atoms with Gasteiger partial charge in [-0.3, -0.25) is 9.89 Å². The number of nitrogens with one attached hydrogen (secondary N) is 1. The third-order valence-corrected chi connectivity index (χ3v) is 3.46. The SMILES string of the molecule is O=c1c2c([nH]n1Cc1cccc(Cl)c1)CCC2. The fraction of sp³-hybridized carbons (Fsp3) is 0.308. The molecular formula is C13H13ClN2O. The van der Waals surface area contributed by atoms with E-state index < -0.39 is 0 Å². The van der Waals surface area contributed by atoms with Crippen molar-refractivity contribution in [3.8, 4) is 0 Å². The van der Waals surface area contributed by atoms with Crippen LogP contribution < -0.4 is 5.56 Å². The zero-order valence-electron chi connectivity index (χ0n) is 9.37. The Labute approximate surface area is 104 Å². The van der Waals surface area contributed by atoms with Gasteiger partial charge in [0, 0.05) is 16.3 Å². The lowest BCUT2D eigenvalue weighted by Crippen LogP contribution is -2.19. The van der Waals surface area contributed by atoms with Gasteiger partial charge in [0.05, 0.1) is 6.54 Å². The minimum atomic E-state index is 0.123. The van der Waals surface area contributed by atoms with Gasteiger partial charge in [0.1, 0.15) is 0 Å². The van der Waals surface area contributed by atoms with Crippen LogP contribution in [0.5, 0.6) is 0 Å². The highest BCUT2D eigenvalue weighted by Gasteiger charge is 2.18. The summed E-state index contributed by atoms with van der Waals surface area (Å²) in [5.41, 5.74) is 3.24. The number of halogens is 1. The second-order valence-electron chi connectivity index (χ2n) is 4.44. The van der Waals surface area contributed by atoms with E-state index in [9.17, 15) is 4.79 Å². The summed E-state index contributed by atoms with van der Waals surface area (Å²) in [6.07, 6.45) is 2.99. The van der Waals surface area contributed by atoms with Crippen molar-refractivity contribution in [2.24, 2.45) is 0 Å². The first-order valence-corrected chi connectivity index (χ1v) is 6.17. The number of aryl methyl sites for hydroxylation is 1. The van der Waals surface area contributed by atoms with E-state index in [-0.39, 0.29) is 5.56 Å². The molecule has 0 amide bonds. The van der Waals surface area contributed by atoms with Gasteiger partial charge in [-0.25, -0.2) is 4.68 Å². The topological polar surface area (TPSA) is 37.8 Å². The van der Waals surface area contributed by atoms with Gasteiger partial charge in [0.25, 0.3) is 5.56 Å². The Bertz CT molecular complexity index is 612. The molecule has 0 saturated carbocycles. The van der Waals surface area contributed by atoms with Gasteiger partial charge in [-0.05, 0) is 37.0 Å². The Hall–Kier alpha value is -1.48. The number of nitrogens with zero attached hydrogens (tertiary/aromatic N) is 1. The van der Waals surface area contributed by atoms with Crippen molar-refractivity contribution in [3.05, 3.63) is 56.5 Å². The highest BCUT2D eigenvalue weighted by molar-refractivity contribution is 6.30. The van der Waals surface area contributed by atoms with Crippen molar-refractivity contribution in [1.82, 2.24) is 9.78 Å². The Morgan fingerprint density at radius 3 is 3.00 bits per heavy atom. The van der Waals surface area contributed by atoms with E-state index in [1.807, 2.05) is 24.3 Å². The fourth-order valence-electron chi connectivity index (χ4n) is 2.41. The van der Waals surface area contributed by atoms with Gasteiger partial charge >= 0.3 is 0 Å². The molecule has 0 spiro atoms. The first-order valence-electron chi connectivity index (χ1n) is 5.79. The zero-order chi connectivity index (χ0) is 11.8. The number of H-pyrrole nitrogens is 1. The standard InChI is InChI=1S/C13H13ClN2O/c14-10-4-1-3-9(7-10)8-16-13(17)11-5-2-6-12(11)15-16/h1,3-4,7,15H,2,5-6,8H2. The molecule has 2 aromatic rings. The number of fused-ring (bicyclic) bond motifs is 1. The second kappa shape index (κ2) is 4.08. The van der Waals surface area contributed by atoms with Gasteiger partial charge in [-0.2, -0.15) is 0 Å². The number of hydrogen-bond donors (Lipinski definition) is 1. The van der Waals surface area contributed by atoms with Crippen molar-refractivity contribution >= 4 is 11.6 Å². The Morgan fingerprint density at radius 1 is 1.35 bits per heavy atom. The van der Waals surface area contributed by atoms with Crippen LogP contribution in [-0.2, 0) is 19.4 Å². The van der Waals surface area contributed by atoms with Crippen molar-refractivity contribution in [3.63, 3.8) is 0 Å². The van der Waals surface area contributed by atoms with Crippen molar-refractivity contribution in [2.45, 2.75) is 25.8 Å². The number of aromatic amines is 1. The molecule has 1 aliphatic carbocycles. The Balaban J connectivity index is 1.94. The summed E-state index contributed by atoms with van der Waals surface area (Å²) in [5.74, 6) is 0. The number of aromatic nitrogens is 2. The maximum Gasteiger partial charge on any atom is 0.270 e. The monoisotopic (exact) mass is 248 g/mol. The highest BCUT2D eigenvalue weighted by Crippen LogP contribution is 2.17. The van der Waals surface area contributed by atoms with Gasteiger partial charge < -0.3 is 0 Å². The Morgan fingerprint density at radius 2 is 2.24 bits per heavy atom. The van der Waals surface area contributed by atoms with E-state index in [4.69, 9.17) is 11.6 Å². The predicted octanol–water partition coefficient (Wildman–Crippen LogP) is 2.37. The fourth-order valence-corrected chi connectivity index (χ4v) is 2.62. The molecule has 0 atom stereocenters. The van der Waals surface area contributed by atoms with Crippen LogP contribution in [0.3, 0.4) is 0 Å². The van der Waals surface area contributed by atoms with E-state index in [1.165, 1.54) is 0 Å². The summed E-state index contributed by atoms with van der Waals surface area (Å²) in [7, 11) is 0. The minimum absolute atomic E-state index is 0.123. The minimum Gasteiger partial charge on any atom is -0.299 e. The summed E-state index contributed by atoms with van der Waals surface area (Å²) in [5, 5.41) is 3.89. The summed E-state index contributed by atoms with van der Waals surface area (Å²) < 4.78 is 1.68. The highest BCUT2D eigenvalue weighted by atomic mass is 35.5. The first-order chi connectivity index (χ1) is 8.24. The summed E-state index contributed by atoms with van der Waals surface area (Å²) in [4.78, 5) is 12.0. The van der Waals surface area contributed by atoms with E-state index in [0.29, 0.717) is 11.6 Å². The molecule has 0 unspecified atom stereocenters. The normalized spacial score (nSPS) is 13.9. The molecule has 0 fully saturated rings. The molecule has 17 heavy (non-hydrogen) atoms. The molecule has 1 aromatic carbocycles. The Kier molecular flexibility index (Phi) is 2.56. The molecule has 3 nitrogen and oxygen atoms in total. The lowest BCUT2D eigenvalue weighted by atomic mass is 10.2. The molecule has 0 aliphatic heterocycles. The van der Waals surface area contributed by atoms with Crippen LogP contribution in [0.25, 0.3) is 0 Å². The average Bonchev–Trinajstić information content (AvgIpc) is 2.84. The third kappa shape index (κ3) is 1.91. The molecule has 0 saturated heterocycles. The van der Waals surface area contributed by atoms with E-state index in [0.717, 1.165) is 36.1 Å². The lowest BCUT2D eigenvalue weighted by molar-refractivity contribution is 0.641. The van der Waals surface area contributed by atoms with Crippen LogP contribution in [-0.4, -0.2) is 9.78 Å². The first kappa shape index (κ1) is 10.7. The van der Waals surface area contributed by atoms with Crippen LogP contribution in [0.15, 0.2) is 29.1 Å². The van der Waals surface area contributed by atoms with Gasteiger partial charge in [0.2, 0.25) is 0 Å². The van der Waals surface area contributed by atoms with E-state index in [2.05, 4.69) is 5.10 Å². The molecule has 3 rings (SSSR count). The van der Waals surface area contributed by atoms with Crippen molar-refractivity contribution < 1.29 is 0 Å². The number of hydrogen-bond acceptors (Lipinski definition) is 1. The zero-order valence-corrected chi connectivity index (χ0v) is 10.1. The van der Waals surface area contributed by atoms with Crippen LogP contribution in [0.4, 0.5) is 0 Å². The maximum absolute atomic E-state index is 12.0. The van der Waals surface area contributed by atoms with Crippen LogP contribution in [0.2, 0.25) is 5.02 Å². The third-order valence-electron chi connectivity index (χ3n) is 3.22. The van der Waals surface area contributed by atoms with Crippen LogP contribution in [0.1, 0.15) is 23.2 Å². The molecule has 0 radical (unpaired) electrons. The molecule has 0 bridgehead atoms. The van der Waals surface area contributed by atoms with Crippen molar-refractivity contribution in [2.75, 3.05) is 0 Å². The molecule has 1 heterocycles. The molecular weight excluding hydrogens is 236 g/mol. The van der Waals surface area contributed by atoms with Crippen molar-refractivity contribution in [1.29, 1.82) is 0 Å². The second-order valence-corrected chi connectivity index (χ2v) is 4.88. The van der Waals surface area contributed by atoms with Crippen LogP contribution in [0, 0.1) is 0 Å². The van der Waals surface area contributed by atoms with Crippen LogP contribution >= 0.6 is 11.6 Å². The molecule has 1 aliphatic rings. The summed E-state index contributed by atoms with van der Waals surface area (Å²) in [6.45, 7) is 0.562. The summed E-state index contributed by atoms with van der Waals surface area (Å²) >= 11 is 5.93.